The lowest BCUT2D eigenvalue weighted by molar-refractivity contribution is 0.0995. The molecule has 0 saturated carbocycles. The maximum Gasteiger partial charge on any atom is 0.269 e. The van der Waals surface area contributed by atoms with Crippen LogP contribution in [0.5, 0.6) is 0 Å². The van der Waals surface area contributed by atoms with Gasteiger partial charge >= 0.3 is 0 Å². The maximum absolute atomic E-state index is 11.6. The number of nitrogens with two attached hydrogens (primary N) is 1. The number of hydrogen-bond acceptors (Lipinski definition) is 4. The summed E-state index contributed by atoms with van der Waals surface area (Å²) in [7, 11) is -3.28. The van der Waals surface area contributed by atoms with Gasteiger partial charge in [0.2, 0.25) is 0 Å². The van der Waals surface area contributed by atoms with Crippen LogP contribution in [0, 0.1) is 0 Å². The SMILES string of the molecule is CCc1ccc(-n2nc(C(N)=O)cc2-c2ccc(S(C)(=O)=O)cc2)cc1. The fourth-order valence-corrected chi connectivity index (χ4v) is 3.28. The van der Waals surface area contributed by atoms with Gasteiger partial charge in [0, 0.05) is 11.8 Å². The molecule has 3 rings (SSSR count). The fourth-order valence-electron chi connectivity index (χ4n) is 2.65. The molecule has 0 unspecified atom stereocenters. The van der Waals surface area contributed by atoms with Crippen LogP contribution in [0.15, 0.2) is 59.5 Å². The topological polar surface area (TPSA) is 95.1 Å². The number of primary amides is 1. The molecule has 7 heteroatoms. The van der Waals surface area contributed by atoms with Gasteiger partial charge in [-0.05, 0) is 42.3 Å². The minimum atomic E-state index is -3.28. The normalized spacial score (nSPS) is 11.5. The molecule has 3 aromatic rings. The van der Waals surface area contributed by atoms with Crippen LogP contribution in [-0.2, 0) is 16.3 Å². The highest BCUT2D eigenvalue weighted by Crippen LogP contribution is 2.25. The number of hydrogen-bond donors (Lipinski definition) is 1. The molecule has 0 aliphatic rings. The number of sulfone groups is 1. The number of benzene rings is 2. The molecule has 0 saturated heterocycles. The summed E-state index contributed by atoms with van der Waals surface area (Å²) in [5, 5.41) is 4.31. The van der Waals surface area contributed by atoms with Crippen molar-refractivity contribution in [1.29, 1.82) is 0 Å². The van der Waals surface area contributed by atoms with Crippen molar-refractivity contribution in [1.82, 2.24) is 9.78 Å². The van der Waals surface area contributed by atoms with E-state index in [0.29, 0.717) is 5.69 Å². The van der Waals surface area contributed by atoms with E-state index in [1.54, 1.807) is 22.9 Å². The molecular formula is C19H19N3O3S. The molecule has 26 heavy (non-hydrogen) atoms. The van der Waals surface area contributed by atoms with Gasteiger partial charge in [-0.3, -0.25) is 4.79 Å². The molecule has 0 aliphatic carbocycles. The quantitative estimate of drug-likeness (QED) is 0.748. The smallest absolute Gasteiger partial charge is 0.269 e. The van der Waals surface area contributed by atoms with Crippen molar-refractivity contribution in [3.8, 4) is 16.9 Å². The van der Waals surface area contributed by atoms with Crippen LogP contribution < -0.4 is 5.73 Å². The van der Waals surface area contributed by atoms with Crippen LogP contribution >= 0.6 is 0 Å². The van der Waals surface area contributed by atoms with Crippen LogP contribution in [0.25, 0.3) is 16.9 Å². The van der Waals surface area contributed by atoms with Crippen LogP contribution in [0.1, 0.15) is 23.0 Å². The van der Waals surface area contributed by atoms with Crippen LogP contribution in [0.2, 0.25) is 0 Å². The van der Waals surface area contributed by atoms with Crippen molar-refractivity contribution >= 4 is 15.7 Å². The number of aromatic nitrogens is 2. The number of carbonyl (C=O) groups is 1. The lowest BCUT2D eigenvalue weighted by atomic mass is 10.1. The Morgan fingerprint density at radius 3 is 2.19 bits per heavy atom. The van der Waals surface area contributed by atoms with E-state index in [9.17, 15) is 13.2 Å². The third-order valence-corrected chi connectivity index (χ3v) is 5.26. The van der Waals surface area contributed by atoms with Gasteiger partial charge in [-0.15, -0.1) is 0 Å². The Balaban J connectivity index is 2.12. The summed E-state index contributed by atoms with van der Waals surface area (Å²) in [5.74, 6) is -0.622. The van der Waals surface area contributed by atoms with Crippen molar-refractivity contribution < 1.29 is 13.2 Å². The number of nitrogens with zero attached hydrogens (tertiary/aromatic N) is 2. The first kappa shape index (κ1) is 17.9. The summed E-state index contributed by atoms with van der Waals surface area (Å²) in [5.41, 5.74) is 8.90. The largest absolute Gasteiger partial charge is 0.364 e. The lowest BCUT2D eigenvalue weighted by Gasteiger charge is -2.09. The average Bonchev–Trinajstić information content (AvgIpc) is 3.07. The molecule has 1 heterocycles. The van der Waals surface area contributed by atoms with E-state index in [0.717, 1.165) is 23.9 Å². The molecule has 6 nitrogen and oxygen atoms in total. The Hall–Kier alpha value is -2.93. The molecule has 0 fully saturated rings. The Morgan fingerprint density at radius 2 is 1.69 bits per heavy atom. The second kappa shape index (κ2) is 6.76. The van der Waals surface area contributed by atoms with Gasteiger partial charge in [-0.1, -0.05) is 31.2 Å². The maximum atomic E-state index is 11.6. The standard InChI is InChI=1S/C19H19N3O3S/c1-3-13-4-8-15(9-5-13)22-18(12-17(21-22)19(20)23)14-6-10-16(11-7-14)26(2,24)25/h4-12H,3H2,1-2H3,(H2,20,23). The molecule has 0 atom stereocenters. The van der Waals surface area contributed by atoms with E-state index in [2.05, 4.69) is 12.0 Å². The van der Waals surface area contributed by atoms with Gasteiger partial charge in [0.05, 0.1) is 16.3 Å². The molecule has 0 spiro atoms. The van der Waals surface area contributed by atoms with Gasteiger partial charge in [-0.25, -0.2) is 13.1 Å². The van der Waals surface area contributed by atoms with E-state index < -0.39 is 15.7 Å². The minimum Gasteiger partial charge on any atom is -0.364 e. The van der Waals surface area contributed by atoms with Crippen LogP contribution in [-0.4, -0.2) is 30.4 Å². The van der Waals surface area contributed by atoms with Crippen molar-refractivity contribution in [2.24, 2.45) is 5.73 Å². The zero-order chi connectivity index (χ0) is 18.9. The Morgan fingerprint density at radius 1 is 1.08 bits per heavy atom. The molecule has 0 radical (unpaired) electrons. The first-order valence-corrected chi connectivity index (χ1v) is 9.98. The highest BCUT2D eigenvalue weighted by Gasteiger charge is 2.16. The summed E-state index contributed by atoms with van der Waals surface area (Å²) in [6.07, 6.45) is 2.08. The zero-order valence-corrected chi connectivity index (χ0v) is 15.3. The highest BCUT2D eigenvalue weighted by atomic mass is 32.2. The fraction of sp³-hybridized carbons (Fsp3) is 0.158. The van der Waals surface area contributed by atoms with Crippen molar-refractivity contribution in [3.63, 3.8) is 0 Å². The van der Waals surface area contributed by atoms with Crippen molar-refractivity contribution in [3.05, 3.63) is 65.9 Å². The zero-order valence-electron chi connectivity index (χ0n) is 14.5. The summed E-state index contributed by atoms with van der Waals surface area (Å²) in [4.78, 5) is 11.8. The van der Waals surface area contributed by atoms with E-state index in [1.807, 2.05) is 24.3 Å². The van der Waals surface area contributed by atoms with Gasteiger partial charge in [0.25, 0.3) is 5.91 Å². The summed E-state index contributed by atoms with van der Waals surface area (Å²) >= 11 is 0. The molecule has 1 amide bonds. The number of carbonyl (C=O) groups excluding carboxylic acids is 1. The molecule has 2 aromatic carbocycles. The number of rotatable bonds is 5. The van der Waals surface area contributed by atoms with Crippen molar-refractivity contribution in [2.75, 3.05) is 6.26 Å². The first-order valence-electron chi connectivity index (χ1n) is 8.09. The van der Waals surface area contributed by atoms with E-state index >= 15 is 0 Å². The predicted octanol–water partition coefficient (Wildman–Crippen LogP) is 2.60. The second-order valence-electron chi connectivity index (χ2n) is 6.01. The van der Waals surface area contributed by atoms with Gasteiger partial charge in [-0.2, -0.15) is 5.10 Å². The molecule has 134 valence electrons. The average molecular weight is 369 g/mol. The van der Waals surface area contributed by atoms with Gasteiger partial charge in [0.15, 0.2) is 15.5 Å². The first-order chi connectivity index (χ1) is 12.3. The Labute approximate surface area is 152 Å². The lowest BCUT2D eigenvalue weighted by Crippen LogP contribution is -2.12. The minimum absolute atomic E-state index is 0.145. The summed E-state index contributed by atoms with van der Waals surface area (Å²) in [6.45, 7) is 2.07. The third kappa shape index (κ3) is 3.52. The third-order valence-electron chi connectivity index (χ3n) is 4.13. The van der Waals surface area contributed by atoms with E-state index in [4.69, 9.17) is 5.73 Å². The highest BCUT2D eigenvalue weighted by molar-refractivity contribution is 7.90. The van der Waals surface area contributed by atoms with E-state index in [1.165, 1.54) is 17.7 Å². The monoisotopic (exact) mass is 369 g/mol. The van der Waals surface area contributed by atoms with Gasteiger partial charge < -0.3 is 5.73 Å². The van der Waals surface area contributed by atoms with Crippen molar-refractivity contribution in [2.45, 2.75) is 18.2 Å². The molecular weight excluding hydrogens is 350 g/mol. The number of amides is 1. The summed E-state index contributed by atoms with van der Waals surface area (Å²) < 4.78 is 24.9. The Bertz CT molecular complexity index is 1050. The molecule has 2 N–H and O–H groups in total. The second-order valence-corrected chi connectivity index (χ2v) is 8.02. The van der Waals surface area contributed by atoms with Crippen LogP contribution in [0.4, 0.5) is 0 Å². The molecule has 1 aromatic heterocycles. The Kier molecular flexibility index (Phi) is 4.65. The van der Waals surface area contributed by atoms with Gasteiger partial charge in [0.1, 0.15) is 0 Å². The molecule has 0 aliphatic heterocycles. The van der Waals surface area contributed by atoms with E-state index in [-0.39, 0.29) is 10.6 Å². The number of aryl methyl sites for hydroxylation is 1. The van der Waals surface area contributed by atoms with Crippen LogP contribution in [0.3, 0.4) is 0 Å². The predicted molar refractivity (Wildman–Crippen MR) is 100 cm³/mol. The molecule has 0 bridgehead atoms. The summed E-state index contributed by atoms with van der Waals surface area (Å²) in [6, 6.07) is 15.9.